The van der Waals surface area contributed by atoms with Gasteiger partial charge < -0.3 is 6.42 Å². The van der Waals surface area contributed by atoms with Crippen molar-refractivity contribution in [3.05, 3.63) is 109 Å². The number of aryl methyl sites for hydroxylation is 1. The molecule has 38 heavy (non-hydrogen) atoms. The first-order valence-corrected chi connectivity index (χ1v) is 19.7. The third kappa shape index (κ3) is 12.2. The van der Waals surface area contributed by atoms with Crippen LogP contribution in [-0.2, 0) is 17.1 Å². The van der Waals surface area contributed by atoms with E-state index >= 15 is 0 Å². The molecule has 1 aromatic carbocycles. The molecule has 0 aliphatic heterocycles. The SMILES string of the molecule is CCC[CH2][Sn+]([CH2]CCC)[CH2]CCC.Cc1cc([N+](=O)[O-])c([C]2[CH][CH][CH][CH]2)c2cccnc12.[C-]1[CH][CH][CH][CH]1.[Fe+2]. The maximum Gasteiger partial charge on any atom is 2.00 e. The van der Waals surface area contributed by atoms with Gasteiger partial charge in [-0.2, -0.15) is 0 Å². The van der Waals surface area contributed by atoms with Crippen molar-refractivity contribution in [1.82, 2.24) is 4.98 Å². The van der Waals surface area contributed by atoms with Gasteiger partial charge >= 0.3 is 109 Å². The Morgan fingerprint density at radius 1 is 0.921 bits per heavy atom. The second-order valence-corrected chi connectivity index (χ2v) is 17.9. The normalized spacial score (nSPS) is 14.7. The fourth-order valence-corrected chi connectivity index (χ4v) is 13.8. The Bertz CT molecular complexity index is 887. The van der Waals surface area contributed by atoms with Crippen molar-refractivity contribution in [3.63, 3.8) is 0 Å². The van der Waals surface area contributed by atoms with Crippen LogP contribution < -0.4 is 0 Å². The van der Waals surface area contributed by atoms with Crippen molar-refractivity contribution in [2.45, 2.75) is 79.5 Å². The Hall–Kier alpha value is -0.652. The summed E-state index contributed by atoms with van der Waals surface area (Å²) < 4.78 is 5.04. The molecule has 0 saturated heterocycles. The fourth-order valence-electron chi connectivity index (χ4n) is 4.33. The van der Waals surface area contributed by atoms with Gasteiger partial charge in [0.05, 0.1) is 10.4 Å². The summed E-state index contributed by atoms with van der Waals surface area (Å²) in [4.78, 5) is 15.3. The van der Waals surface area contributed by atoms with Gasteiger partial charge in [-0.25, -0.2) is 12.8 Å². The first-order chi connectivity index (χ1) is 18.0. The molecule has 1 aromatic heterocycles. The van der Waals surface area contributed by atoms with Crippen LogP contribution in [0.2, 0.25) is 13.3 Å². The zero-order chi connectivity index (χ0) is 26.9. The number of fused-ring (bicyclic) bond motifs is 1. The van der Waals surface area contributed by atoms with Gasteiger partial charge in [0.1, 0.15) is 0 Å². The van der Waals surface area contributed by atoms with Crippen molar-refractivity contribution in [3.8, 4) is 0 Å². The number of aromatic nitrogens is 1. The summed E-state index contributed by atoms with van der Waals surface area (Å²) in [7, 11) is 0. The number of hydrogen-bond acceptors (Lipinski definition) is 3. The van der Waals surface area contributed by atoms with Gasteiger partial charge in [0.25, 0.3) is 5.69 Å². The van der Waals surface area contributed by atoms with Gasteiger partial charge in [0, 0.05) is 29.1 Å². The van der Waals surface area contributed by atoms with Crippen molar-refractivity contribution < 1.29 is 22.0 Å². The number of pyridine rings is 1. The number of benzene rings is 1. The molecule has 2 aliphatic rings. The quantitative estimate of drug-likeness (QED) is 0.105. The Morgan fingerprint density at radius 3 is 1.92 bits per heavy atom. The van der Waals surface area contributed by atoms with Gasteiger partial charge in [-0.1, -0.05) is 18.9 Å². The Balaban J connectivity index is 0.000000330. The minimum absolute atomic E-state index is 0. The second-order valence-electron chi connectivity index (χ2n) is 9.36. The monoisotopic (exact) mass is 662 g/mol. The minimum atomic E-state index is -0.839. The molecule has 4 rings (SSSR count). The van der Waals surface area contributed by atoms with E-state index in [0.717, 1.165) is 22.4 Å². The molecule has 2 fully saturated rings. The Morgan fingerprint density at radius 2 is 1.47 bits per heavy atom. The van der Waals surface area contributed by atoms with E-state index in [2.05, 4.69) is 32.2 Å². The summed E-state index contributed by atoms with van der Waals surface area (Å²) in [5, 5.41) is 12.1. The minimum Gasteiger partial charge on any atom is -0.474 e. The summed E-state index contributed by atoms with van der Waals surface area (Å²) in [6, 6.07) is 5.28. The van der Waals surface area contributed by atoms with Crippen LogP contribution in [-0.4, -0.2) is 29.7 Å². The van der Waals surface area contributed by atoms with Crippen LogP contribution in [0.25, 0.3) is 10.9 Å². The molecule has 0 unspecified atom stereocenters. The third-order valence-corrected chi connectivity index (χ3v) is 15.4. The molecule has 0 atom stereocenters. The van der Waals surface area contributed by atoms with Crippen molar-refractivity contribution in [2.24, 2.45) is 0 Å². The topological polar surface area (TPSA) is 56.0 Å². The van der Waals surface area contributed by atoms with E-state index < -0.39 is 19.8 Å². The van der Waals surface area contributed by atoms with E-state index in [0.29, 0.717) is 5.56 Å². The van der Waals surface area contributed by atoms with Gasteiger partial charge in [0.2, 0.25) is 0 Å². The molecular weight excluding hydrogens is 619 g/mol. The van der Waals surface area contributed by atoms with Crippen LogP contribution in [0.1, 0.15) is 70.4 Å². The second kappa shape index (κ2) is 21.1. The van der Waals surface area contributed by atoms with E-state index in [1.165, 1.54) is 38.5 Å². The van der Waals surface area contributed by atoms with Gasteiger partial charge in [-0.3, -0.25) is 15.1 Å². The third-order valence-electron chi connectivity index (χ3n) is 6.36. The first kappa shape index (κ1) is 35.4. The molecule has 0 bridgehead atoms. The molecule has 4 nitrogen and oxygen atoms in total. The molecule has 2 aromatic rings. The molecule has 2 saturated carbocycles. The first-order valence-electron chi connectivity index (χ1n) is 13.7. The summed E-state index contributed by atoms with van der Waals surface area (Å²) in [6.07, 6.45) is 28.6. The summed E-state index contributed by atoms with van der Waals surface area (Å²) in [6.45, 7) is 8.85. The van der Waals surface area contributed by atoms with E-state index in [1.54, 1.807) is 31.6 Å². The van der Waals surface area contributed by atoms with Crippen LogP contribution in [0.3, 0.4) is 0 Å². The number of nitro groups is 1. The van der Waals surface area contributed by atoms with Crippen LogP contribution >= 0.6 is 0 Å². The standard InChI is InChI=1S/C15H11N2O2.C5H4.3C4H9.Fe.Sn/c1-10-9-13(17(18)19)14(11-5-2-3-6-11)12-7-4-8-16-15(10)12;1-2-4-5-3-1;3*1-3-4-2;;/h2-9H,1H3;1-4H;3*1,3-4H2,2H3;;/q;-1;;;;+2;+1. The average Bonchev–Trinajstić information content (AvgIpc) is 3.66. The Kier molecular flexibility index (Phi) is 19.7. The number of unbranched alkanes of at least 4 members (excludes halogenated alkanes) is 3. The maximum absolute atomic E-state index is 11.3. The number of nitrogens with zero attached hydrogens (tertiary/aromatic N) is 2. The molecule has 2 aliphatic carbocycles. The van der Waals surface area contributed by atoms with Crippen LogP contribution in [0.15, 0.2) is 24.4 Å². The van der Waals surface area contributed by atoms with Crippen LogP contribution in [0, 0.1) is 80.7 Å². The zero-order valence-electron chi connectivity index (χ0n) is 23.4. The molecule has 0 amide bonds. The molecule has 0 spiro atoms. The van der Waals surface area contributed by atoms with Crippen molar-refractivity contribution in [2.75, 3.05) is 0 Å². The maximum atomic E-state index is 11.3. The van der Waals surface area contributed by atoms with E-state index in [1.807, 2.05) is 64.4 Å². The molecule has 10 radical (unpaired) electrons. The van der Waals surface area contributed by atoms with Gasteiger partial charge in [-0.15, -0.1) is 0 Å². The summed E-state index contributed by atoms with van der Waals surface area (Å²) in [5.41, 5.74) is 2.40. The Labute approximate surface area is 250 Å². The van der Waals surface area contributed by atoms with Gasteiger partial charge in [-0.05, 0) is 44.2 Å². The van der Waals surface area contributed by atoms with Crippen molar-refractivity contribution in [1.29, 1.82) is 0 Å². The van der Waals surface area contributed by atoms with Crippen LogP contribution in [0.4, 0.5) is 5.69 Å². The average molecular weight is 661 g/mol. The molecule has 1 heterocycles. The summed E-state index contributed by atoms with van der Waals surface area (Å²) in [5.74, 6) is 0.852. The smallest absolute Gasteiger partial charge is 0.474 e. The van der Waals surface area contributed by atoms with E-state index in [4.69, 9.17) is 0 Å². The zero-order valence-corrected chi connectivity index (χ0v) is 27.3. The van der Waals surface area contributed by atoms with E-state index in [-0.39, 0.29) is 27.7 Å². The van der Waals surface area contributed by atoms with Gasteiger partial charge in [0.15, 0.2) is 0 Å². The summed E-state index contributed by atoms with van der Waals surface area (Å²) >= 11 is -0.839. The molecule has 0 N–H and O–H groups in total. The largest absolute Gasteiger partial charge is 2.00 e. The predicted octanol–water partition coefficient (Wildman–Crippen LogP) is 8.98. The number of hydrogen-bond donors (Lipinski definition) is 0. The fraction of sp³-hybridized carbons (Fsp3) is 0.406. The van der Waals surface area contributed by atoms with Crippen molar-refractivity contribution >= 4 is 36.3 Å². The van der Waals surface area contributed by atoms with Crippen LogP contribution in [0.5, 0.6) is 0 Å². The molecule has 6 heteroatoms. The molecule has 202 valence electrons. The van der Waals surface area contributed by atoms with E-state index in [9.17, 15) is 10.1 Å². The number of rotatable bonds is 11. The number of nitro benzene ring substituents is 1. The predicted molar refractivity (Wildman–Crippen MR) is 158 cm³/mol. The molecular formula is C32H42FeN2O2Sn+2.